The summed E-state index contributed by atoms with van der Waals surface area (Å²) < 4.78 is 15.9. The number of hydrogen-bond donors (Lipinski definition) is 0. The minimum Gasteiger partial charge on any atom is -0.291 e. The molecule has 0 aliphatic heterocycles. The van der Waals surface area contributed by atoms with E-state index in [0.717, 1.165) is 5.56 Å². The van der Waals surface area contributed by atoms with Crippen LogP contribution < -0.4 is 0 Å². The number of benzene rings is 2. The molecule has 0 unspecified atom stereocenters. The number of aryl methyl sites for hydroxylation is 1. The van der Waals surface area contributed by atoms with Gasteiger partial charge in [-0.3, -0.25) is 4.57 Å². The lowest BCUT2D eigenvalue weighted by Gasteiger charge is -2.10. The zero-order valence-electron chi connectivity index (χ0n) is 10.7. The molecular formula is C15H11Cl2FN2. The first-order valence-electron chi connectivity index (χ1n) is 6.10. The van der Waals surface area contributed by atoms with E-state index < -0.39 is 0 Å². The SMILES string of the molecule is Cc1ccc(-n2c(CCl)nc3cccc(Cl)c32)c(F)c1. The van der Waals surface area contributed by atoms with Gasteiger partial charge in [-0.2, -0.15) is 0 Å². The van der Waals surface area contributed by atoms with Gasteiger partial charge in [0.25, 0.3) is 0 Å². The van der Waals surface area contributed by atoms with E-state index in [1.165, 1.54) is 6.07 Å². The van der Waals surface area contributed by atoms with Crippen LogP contribution in [-0.4, -0.2) is 9.55 Å². The molecule has 102 valence electrons. The molecule has 20 heavy (non-hydrogen) atoms. The topological polar surface area (TPSA) is 17.8 Å². The lowest BCUT2D eigenvalue weighted by atomic mass is 10.2. The Kier molecular flexibility index (Phi) is 3.40. The van der Waals surface area contributed by atoms with Crippen LogP contribution in [0, 0.1) is 12.7 Å². The third kappa shape index (κ3) is 2.07. The molecule has 0 spiro atoms. The Balaban J connectivity index is 2.39. The van der Waals surface area contributed by atoms with Gasteiger partial charge >= 0.3 is 0 Å². The van der Waals surface area contributed by atoms with Crippen molar-refractivity contribution in [1.29, 1.82) is 0 Å². The number of alkyl halides is 1. The van der Waals surface area contributed by atoms with Crippen molar-refractivity contribution in [3.63, 3.8) is 0 Å². The lowest BCUT2D eigenvalue weighted by Crippen LogP contribution is -2.02. The predicted octanol–water partition coefficient (Wildman–Crippen LogP) is 4.87. The number of aromatic nitrogens is 2. The maximum atomic E-state index is 14.3. The van der Waals surface area contributed by atoms with E-state index >= 15 is 0 Å². The molecule has 0 aliphatic rings. The second kappa shape index (κ2) is 5.08. The zero-order valence-corrected chi connectivity index (χ0v) is 12.2. The van der Waals surface area contributed by atoms with Crippen LogP contribution in [-0.2, 0) is 5.88 Å². The van der Waals surface area contributed by atoms with Gasteiger partial charge in [0.15, 0.2) is 0 Å². The molecule has 2 nitrogen and oxygen atoms in total. The van der Waals surface area contributed by atoms with Gasteiger partial charge in [-0.15, -0.1) is 11.6 Å². The highest BCUT2D eigenvalue weighted by Gasteiger charge is 2.16. The van der Waals surface area contributed by atoms with Crippen molar-refractivity contribution >= 4 is 34.2 Å². The second-order valence-electron chi connectivity index (χ2n) is 4.56. The minimum atomic E-state index is -0.324. The fourth-order valence-corrected chi connectivity index (χ4v) is 2.71. The van der Waals surface area contributed by atoms with Crippen molar-refractivity contribution in [3.8, 4) is 5.69 Å². The Morgan fingerprint density at radius 3 is 2.75 bits per heavy atom. The van der Waals surface area contributed by atoms with Gasteiger partial charge in [-0.05, 0) is 36.8 Å². The molecule has 1 aromatic heterocycles. The highest BCUT2D eigenvalue weighted by Crippen LogP contribution is 2.29. The van der Waals surface area contributed by atoms with Crippen molar-refractivity contribution in [3.05, 3.63) is 58.6 Å². The van der Waals surface area contributed by atoms with E-state index in [2.05, 4.69) is 4.98 Å². The van der Waals surface area contributed by atoms with Gasteiger partial charge in [-0.1, -0.05) is 23.7 Å². The molecule has 5 heteroatoms. The lowest BCUT2D eigenvalue weighted by molar-refractivity contribution is 0.616. The third-order valence-electron chi connectivity index (χ3n) is 3.16. The molecule has 0 atom stereocenters. The predicted molar refractivity (Wildman–Crippen MR) is 80.3 cm³/mol. The molecule has 0 fully saturated rings. The fraction of sp³-hybridized carbons (Fsp3) is 0.133. The summed E-state index contributed by atoms with van der Waals surface area (Å²) in [5.74, 6) is 0.423. The van der Waals surface area contributed by atoms with Gasteiger partial charge < -0.3 is 0 Å². The van der Waals surface area contributed by atoms with Crippen LogP contribution in [0.3, 0.4) is 0 Å². The summed E-state index contributed by atoms with van der Waals surface area (Å²) in [6.45, 7) is 1.84. The van der Waals surface area contributed by atoms with Gasteiger partial charge in [0, 0.05) is 0 Å². The summed E-state index contributed by atoms with van der Waals surface area (Å²) >= 11 is 12.2. The number of fused-ring (bicyclic) bond motifs is 1. The summed E-state index contributed by atoms with van der Waals surface area (Å²) in [4.78, 5) is 4.41. The summed E-state index contributed by atoms with van der Waals surface area (Å²) in [7, 11) is 0. The molecule has 0 bridgehead atoms. The van der Waals surface area contributed by atoms with Crippen LogP contribution in [0.4, 0.5) is 4.39 Å². The Hall–Kier alpha value is -1.58. The molecule has 3 aromatic rings. The highest BCUT2D eigenvalue weighted by atomic mass is 35.5. The van der Waals surface area contributed by atoms with E-state index in [9.17, 15) is 4.39 Å². The van der Waals surface area contributed by atoms with Crippen LogP contribution in [0.5, 0.6) is 0 Å². The Bertz CT molecular complexity index is 796. The number of para-hydroxylation sites is 1. The van der Waals surface area contributed by atoms with Gasteiger partial charge in [0.05, 0.1) is 27.6 Å². The smallest absolute Gasteiger partial charge is 0.147 e. The van der Waals surface area contributed by atoms with E-state index in [1.807, 2.05) is 25.1 Å². The molecule has 0 aliphatic carbocycles. The standard InChI is InChI=1S/C15H11Cl2FN2/c1-9-5-6-13(11(18)7-9)20-14(8-16)19-12-4-2-3-10(17)15(12)20/h2-7H,8H2,1H3. The maximum Gasteiger partial charge on any atom is 0.147 e. The van der Waals surface area contributed by atoms with Crippen molar-refractivity contribution in [2.75, 3.05) is 0 Å². The van der Waals surface area contributed by atoms with E-state index in [-0.39, 0.29) is 11.7 Å². The Morgan fingerprint density at radius 2 is 2.05 bits per heavy atom. The van der Waals surface area contributed by atoms with Crippen molar-refractivity contribution < 1.29 is 4.39 Å². The second-order valence-corrected chi connectivity index (χ2v) is 5.23. The molecule has 0 radical (unpaired) electrons. The molecular weight excluding hydrogens is 298 g/mol. The Labute approximate surface area is 125 Å². The van der Waals surface area contributed by atoms with E-state index in [1.54, 1.807) is 16.7 Å². The molecule has 0 amide bonds. The largest absolute Gasteiger partial charge is 0.291 e. The van der Waals surface area contributed by atoms with Crippen LogP contribution >= 0.6 is 23.2 Å². The van der Waals surface area contributed by atoms with E-state index in [4.69, 9.17) is 23.2 Å². The first kappa shape index (κ1) is 13.4. The summed E-state index contributed by atoms with van der Waals surface area (Å²) in [6, 6.07) is 10.4. The molecule has 3 rings (SSSR count). The average Bonchev–Trinajstić information content (AvgIpc) is 2.79. The van der Waals surface area contributed by atoms with Gasteiger partial charge in [-0.25, -0.2) is 9.37 Å². The van der Waals surface area contributed by atoms with Crippen LogP contribution in [0.25, 0.3) is 16.7 Å². The molecule has 2 aromatic carbocycles. The number of nitrogens with zero attached hydrogens (tertiary/aromatic N) is 2. The zero-order chi connectivity index (χ0) is 14.3. The summed E-state index contributed by atoms with van der Waals surface area (Å²) in [6.07, 6.45) is 0. The monoisotopic (exact) mass is 308 g/mol. The number of halogens is 3. The first-order chi connectivity index (χ1) is 9.61. The number of hydrogen-bond acceptors (Lipinski definition) is 1. The van der Waals surface area contributed by atoms with Crippen LogP contribution in [0.15, 0.2) is 36.4 Å². The minimum absolute atomic E-state index is 0.179. The van der Waals surface area contributed by atoms with Crippen molar-refractivity contribution in [2.45, 2.75) is 12.8 Å². The highest BCUT2D eigenvalue weighted by molar-refractivity contribution is 6.35. The van der Waals surface area contributed by atoms with E-state index in [0.29, 0.717) is 27.6 Å². The van der Waals surface area contributed by atoms with Gasteiger partial charge in [0.1, 0.15) is 11.6 Å². The Morgan fingerprint density at radius 1 is 1.25 bits per heavy atom. The quantitative estimate of drug-likeness (QED) is 0.618. The molecule has 1 heterocycles. The van der Waals surface area contributed by atoms with Crippen molar-refractivity contribution in [1.82, 2.24) is 9.55 Å². The fourth-order valence-electron chi connectivity index (χ4n) is 2.28. The molecule has 0 N–H and O–H groups in total. The molecule has 0 saturated heterocycles. The average molecular weight is 309 g/mol. The van der Waals surface area contributed by atoms with Crippen LogP contribution in [0.1, 0.15) is 11.4 Å². The van der Waals surface area contributed by atoms with Crippen molar-refractivity contribution in [2.24, 2.45) is 0 Å². The number of rotatable bonds is 2. The summed E-state index contributed by atoms with van der Waals surface area (Å²) in [5.41, 5.74) is 2.64. The third-order valence-corrected chi connectivity index (χ3v) is 3.70. The molecule has 0 saturated carbocycles. The maximum absolute atomic E-state index is 14.3. The van der Waals surface area contributed by atoms with Crippen LogP contribution in [0.2, 0.25) is 5.02 Å². The first-order valence-corrected chi connectivity index (χ1v) is 7.01. The normalized spacial score (nSPS) is 11.2. The summed E-state index contributed by atoms with van der Waals surface area (Å²) in [5, 5.41) is 0.520. The number of imidazole rings is 1. The van der Waals surface area contributed by atoms with Gasteiger partial charge in [0.2, 0.25) is 0 Å².